The van der Waals surface area contributed by atoms with E-state index in [2.05, 4.69) is 15.2 Å². The van der Waals surface area contributed by atoms with Crippen molar-refractivity contribution in [3.8, 4) is 0 Å². The molecule has 72 valence electrons. The van der Waals surface area contributed by atoms with Gasteiger partial charge in [-0.2, -0.15) is 0 Å². The van der Waals surface area contributed by atoms with Gasteiger partial charge in [-0.15, -0.1) is 0 Å². The second-order valence-electron chi connectivity index (χ2n) is 3.37. The lowest BCUT2D eigenvalue weighted by atomic mass is 10.3. The summed E-state index contributed by atoms with van der Waals surface area (Å²) in [6.45, 7) is 7.11. The van der Waals surface area contributed by atoms with Crippen LogP contribution in [0.3, 0.4) is 0 Å². The molecule has 1 fully saturated rings. The molecule has 0 saturated carbocycles. The van der Waals surface area contributed by atoms with Crippen molar-refractivity contribution in [1.82, 2.24) is 15.2 Å². The van der Waals surface area contributed by atoms with Gasteiger partial charge in [-0.25, -0.2) is 4.98 Å². The number of aromatic nitrogens is 1. The summed E-state index contributed by atoms with van der Waals surface area (Å²) < 4.78 is 5.41. The van der Waals surface area contributed by atoms with Gasteiger partial charge < -0.3 is 9.73 Å². The summed E-state index contributed by atoms with van der Waals surface area (Å²) >= 11 is 0. The van der Waals surface area contributed by atoms with E-state index in [1.807, 2.05) is 13.1 Å². The smallest absolute Gasteiger partial charge is 0.191 e. The number of aryl methyl sites for hydroxylation is 1. The highest BCUT2D eigenvalue weighted by Gasteiger charge is 2.11. The number of nitrogens with one attached hydrogen (secondary N) is 1. The number of rotatable bonds is 2. The molecular formula is C9H15N3O. The van der Waals surface area contributed by atoms with Crippen LogP contribution in [0.4, 0.5) is 0 Å². The Labute approximate surface area is 77.9 Å². The molecule has 0 spiro atoms. The first-order valence-corrected chi connectivity index (χ1v) is 4.69. The summed E-state index contributed by atoms with van der Waals surface area (Å²) in [4.78, 5) is 6.44. The molecule has 0 aliphatic carbocycles. The lowest BCUT2D eigenvalue weighted by Gasteiger charge is -2.25. The Morgan fingerprint density at radius 2 is 2.31 bits per heavy atom. The minimum atomic E-state index is 0.755. The fraction of sp³-hybridized carbons (Fsp3) is 0.667. The van der Waals surface area contributed by atoms with Gasteiger partial charge in [-0.1, -0.05) is 0 Å². The molecule has 1 saturated heterocycles. The summed E-state index contributed by atoms with van der Waals surface area (Å²) in [6, 6.07) is 0. The van der Waals surface area contributed by atoms with E-state index in [0.29, 0.717) is 0 Å². The summed E-state index contributed by atoms with van der Waals surface area (Å²) in [5.74, 6) is 1.73. The average Bonchev–Trinajstić information content (AvgIpc) is 2.53. The zero-order chi connectivity index (χ0) is 9.10. The van der Waals surface area contributed by atoms with Crippen LogP contribution in [0.2, 0.25) is 0 Å². The predicted molar refractivity (Wildman–Crippen MR) is 49.4 cm³/mol. The fourth-order valence-corrected chi connectivity index (χ4v) is 1.57. The molecule has 4 heteroatoms. The summed E-state index contributed by atoms with van der Waals surface area (Å²) in [5.41, 5.74) is 0. The van der Waals surface area contributed by atoms with Crippen LogP contribution < -0.4 is 5.32 Å². The monoisotopic (exact) mass is 181 g/mol. The van der Waals surface area contributed by atoms with Gasteiger partial charge in [0.1, 0.15) is 5.76 Å². The zero-order valence-corrected chi connectivity index (χ0v) is 7.92. The van der Waals surface area contributed by atoms with E-state index in [4.69, 9.17) is 4.42 Å². The number of piperazine rings is 1. The summed E-state index contributed by atoms with van der Waals surface area (Å²) in [5, 5.41) is 3.32. The van der Waals surface area contributed by atoms with Crippen molar-refractivity contribution in [3.05, 3.63) is 17.8 Å². The fourth-order valence-electron chi connectivity index (χ4n) is 1.57. The van der Waals surface area contributed by atoms with Crippen LogP contribution in [0.15, 0.2) is 10.6 Å². The maximum atomic E-state index is 5.41. The molecule has 13 heavy (non-hydrogen) atoms. The van der Waals surface area contributed by atoms with Gasteiger partial charge in [0.15, 0.2) is 5.89 Å². The largest absolute Gasteiger partial charge is 0.445 e. The lowest BCUT2D eigenvalue weighted by molar-refractivity contribution is 0.215. The van der Waals surface area contributed by atoms with Gasteiger partial charge in [0.2, 0.25) is 0 Å². The highest BCUT2D eigenvalue weighted by molar-refractivity contribution is 4.93. The van der Waals surface area contributed by atoms with E-state index in [1.54, 1.807) is 0 Å². The minimum Gasteiger partial charge on any atom is -0.445 e. The second-order valence-corrected chi connectivity index (χ2v) is 3.37. The van der Waals surface area contributed by atoms with Crippen LogP contribution in [0.1, 0.15) is 11.7 Å². The van der Waals surface area contributed by atoms with E-state index in [9.17, 15) is 0 Å². The van der Waals surface area contributed by atoms with Crippen LogP contribution in [-0.4, -0.2) is 36.1 Å². The molecule has 0 amide bonds. The third-order valence-electron chi connectivity index (χ3n) is 2.26. The SMILES string of the molecule is Cc1ncc(CN2CCNCC2)o1. The van der Waals surface area contributed by atoms with E-state index in [0.717, 1.165) is 44.4 Å². The molecular weight excluding hydrogens is 166 g/mol. The van der Waals surface area contributed by atoms with E-state index in [1.165, 1.54) is 0 Å². The summed E-state index contributed by atoms with van der Waals surface area (Å²) in [6.07, 6.45) is 1.82. The highest BCUT2D eigenvalue weighted by atomic mass is 16.4. The molecule has 1 N–H and O–H groups in total. The second kappa shape index (κ2) is 3.89. The van der Waals surface area contributed by atoms with Crippen molar-refractivity contribution in [2.24, 2.45) is 0 Å². The topological polar surface area (TPSA) is 41.3 Å². The third kappa shape index (κ3) is 2.29. The van der Waals surface area contributed by atoms with Crippen LogP contribution in [0.5, 0.6) is 0 Å². The van der Waals surface area contributed by atoms with Gasteiger partial charge >= 0.3 is 0 Å². The van der Waals surface area contributed by atoms with Gasteiger partial charge in [0, 0.05) is 33.1 Å². The number of hydrogen-bond donors (Lipinski definition) is 1. The van der Waals surface area contributed by atoms with Crippen molar-refractivity contribution < 1.29 is 4.42 Å². The Hall–Kier alpha value is -0.870. The molecule has 0 atom stereocenters. The van der Waals surface area contributed by atoms with Crippen molar-refractivity contribution in [2.45, 2.75) is 13.5 Å². The molecule has 1 aromatic heterocycles. The van der Waals surface area contributed by atoms with Crippen LogP contribution in [-0.2, 0) is 6.54 Å². The van der Waals surface area contributed by atoms with Crippen molar-refractivity contribution >= 4 is 0 Å². The maximum absolute atomic E-state index is 5.41. The highest BCUT2D eigenvalue weighted by Crippen LogP contribution is 2.06. The third-order valence-corrected chi connectivity index (χ3v) is 2.26. The van der Waals surface area contributed by atoms with Gasteiger partial charge in [0.25, 0.3) is 0 Å². The van der Waals surface area contributed by atoms with E-state index >= 15 is 0 Å². The first-order valence-electron chi connectivity index (χ1n) is 4.69. The van der Waals surface area contributed by atoms with Crippen LogP contribution in [0.25, 0.3) is 0 Å². The molecule has 0 aromatic carbocycles. The first-order chi connectivity index (χ1) is 6.34. The minimum absolute atomic E-state index is 0.755. The summed E-state index contributed by atoms with van der Waals surface area (Å²) in [7, 11) is 0. The maximum Gasteiger partial charge on any atom is 0.191 e. The lowest BCUT2D eigenvalue weighted by Crippen LogP contribution is -2.42. The molecule has 2 heterocycles. The average molecular weight is 181 g/mol. The predicted octanol–water partition coefficient (Wildman–Crippen LogP) is 0.388. The normalized spacial score (nSPS) is 19.2. The van der Waals surface area contributed by atoms with E-state index in [-0.39, 0.29) is 0 Å². The Morgan fingerprint density at radius 3 is 2.92 bits per heavy atom. The first kappa shape index (κ1) is 8.72. The molecule has 0 bridgehead atoms. The van der Waals surface area contributed by atoms with Crippen molar-refractivity contribution in [3.63, 3.8) is 0 Å². The molecule has 1 aliphatic heterocycles. The molecule has 1 aromatic rings. The Kier molecular flexibility index (Phi) is 2.61. The molecule has 0 radical (unpaired) electrons. The molecule has 1 aliphatic rings. The van der Waals surface area contributed by atoms with Crippen molar-refractivity contribution in [1.29, 1.82) is 0 Å². The number of hydrogen-bond acceptors (Lipinski definition) is 4. The van der Waals surface area contributed by atoms with Crippen molar-refractivity contribution in [2.75, 3.05) is 26.2 Å². The molecule has 0 unspecified atom stereocenters. The van der Waals surface area contributed by atoms with Crippen LogP contribution in [0, 0.1) is 6.92 Å². The van der Waals surface area contributed by atoms with Gasteiger partial charge in [0.05, 0.1) is 12.7 Å². The quantitative estimate of drug-likeness (QED) is 0.716. The number of nitrogens with zero attached hydrogens (tertiary/aromatic N) is 2. The standard InChI is InChI=1S/C9H15N3O/c1-8-11-6-9(13-8)7-12-4-2-10-3-5-12/h6,10H,2-5,7H2,1H3. The Balaban J connectivity index is 1.89. The Bertz CT molecular complexity index is 266. The Morgan fingerprint density at radius 1 is 1.54 bits per heavy atom. The molecule has 2 rings (SSSR count). The zero-order valence-electron chi connectivity index (χ0n) is 7.92. The van der Waals surface area contributed by atoms with E-state index < -0.39 is 0 Å². The molecule has 4 nitrogen and oxygen atoms in total. The van der Waals surface area contributed by atoms with Crippen LogP contribution >= 0.6 is 0 Å². The van der Waals surface area contributed by atoms with Gasteiger partial charge in [-0.05, 0) is 0 Å². The van der Waals surface area contributed by atoms with Gasteiger partial charge in [-0.3, -0.25) is 4.90 Å². The number of oxazole rings is 1.